The van der Waals surface area contributed by atoms with Crippen molar-refractivity contribution in [3.8, 4) is 0 Å². The quantitative estimate of drug-likeness (QED) is 0.507. The van der Waals surface area contributed by atoms with Gasteiger partial charge in [-0.2, -0.15) is 0 Å². The molecule has 7 atom stereocenters. The van der Waals surface area contributed by atoms with Crippen LogP contribution in [0.5, 0.6) is 0 Å². The lowest BCUT2D eigenvalue weighted by atomic mass is 9.63. The normalized spacial score (nSPS) is 42.8. The van der Waals surface area contributed by atoms with E-state index in [4.69, 9.17) is 0 Å². The van der Waals surface area contributed by atoms with E-state index in [1.54, 1.807) is 0 Å². The largest absolute Gasteiger partial charge is 0.103 e. The molecule has 0 aliphatic heterocycles. The van der Waals surface area contributed by atoms with Gasteiger partial charge in [-0.1, -0.05) is 54.7 Å². The molecule has 2 saturated carbocycles. The molecule has 0 aromatic carbocycles. The van der Waals surface area contributed by atoms with Crippen molar-refractivity contribution in [1.29, 1.82) is 0 Å². The number of hydrogen-bond acceptors (Lipinski definition) is 0. The number of fused-ring (bicyclic) bond motifs is 2. The van der Waals surface area contributed by atoms with Crippen LogP contribution in [-0.4, -0.2) is 0 Å². The summed E-state index contributed by atoms with van der Waals surface area (Å²) in [5.41, 5.74) is 0. The zero-order valence-corrected chi connectivity index (χ0v) is 14.9. The lowest BCUT2D eigenvalue weighted by Gasteiger charge is -2.42. The third kappa shape index (κ3) is 3.13. The van der Waals surface area contributed by atoms with Crippen LogP contribution in [0.3, 0.4) is 0 Å². The predicted molar refractivity (Wildman–Crippen MR) is 104 cm³/mol. The first kappa shape index (κ1) is 16.2. The molecule has 0 N–H and O–H groups in total. The molecule has 4 aliphatic rings. The van der Waals surface area contributed by atoms with E-state index in [0.29, 0.717) is 0 Å². The standard InChI is InChI=1S/C24H32/c1-2-7-18-12-16-21(24-11-6-5-10-23(18)24)17-15-20-14-13-19-8-3-4-9-22(19)20/h2-6,8-11,18-24H,1,7,12-17H2. The first-order chi connectivity index (χ1) is 11.9. The highest BCUT2D eigenvalue weighted by molar-refractivity contribution is 5.19. The van der Waals surface area contributed by atoms with Crippen LogP contribution < -0.4 is 0 Å². The molecule has 0 aromatic rings. The van der Waals surface area contributed by atoms with Crippen molar-refractivity contribution in [2.75, 3.05) is 0 Å². The van der Waals surface area contributed by atoms with E-state index in [-0.39, 0.29) is 0 Å². The first-order valence-electron chi connectivity index (χ1n) is 10.2. The SMILES string of the molecule is C=CCC1CCC(CCC2CCC3C=CC=CC32)C2C=CC=CC12. The molecule has 0 heteroatoms. The Balaban J connectivity index is 1.37. The molecule has 0 spiro atoms. The third-order valence-electron chi connectivity index (χ3n) is 7.31. The van der Waals surface area contributed by atoms with Crippen molar-refractivity contribution < 1.29 is 0 Å². The Labute approximate surface area is 148 Å². The number of allylic oxidation sites excluding steroid dienone is 9. The molecule has 2 fully saturated rings. The van der Waals surface area contributed by atoms with Crippen molar-refractivity contribution in [2.45, 2.75) is 44.9 Å². The lowest BCUT2D eigenvalue weighted by Crippen LogP contribution is -2.33. The Bertz CT molecular complexity index is 561. The van der Waals surface area contributed by atoms with Gasteiger partial charge >= 0.3 is 0 Å². The molecule has 0 nitrogen and oxygen atoms in total. The van der Waals surface area contributed by atoms with Crippen LogP contribution in [0.4, 0.5) is 0 Å². The Morgan fingerprint density at radius 3 is 1.96 bits per heavy atom. The molecule has 0 radical (unpaired) electrons. The Hall–Kier alpha value is -1.30. The monoisotopic (exact) mass is 320 g/mol. The average molecular weight is 321 g/mol. The highest BCUT2D eigenvalue weighted by atomic mass is 14.4. The Kier molecular flexibility index (Phi) is 4.92. The molecule has 0 saturated heterocycles. The second kappa shape index (κ2) is 7.30. The molecule has 4 aliphatic carbocycles. The summed E-state index contributed by atoms with van der Waals surface area (Å²) in [5.74, 6) is 5.89. The zero-order valence-electron chi connectivity index (χ0n) is 14.9. The second-order valence-corrected chi connectivity index (χ2v) is 8.47. The van der Waals surface area contributed by atoms with Crippen LogP contribution in [0, 0.1) is 41.4 Å². The van der Waals surface area contributed by atoms with Gasteiger partial charge in [0.15, 0.2) is 0 Å². The van der Waals surface area contributed by atoms with Crippen LogP contribution in [-0.2, 0) is 0 Å². The first-order valence-corrected chi connectivity index (χ1v) is 10.2. The Morgan fingerprint density at radius 1 is 0.667 bits per heavy atom. The maximum atomic E-state index is 3.98. The van der Waals surface area contributed by atoms with Crippen LogP contribution >= 0.6 is 0 Å². The molecule has 4 rings (SSSR count). The zero-order chi connectivity index (χ0) is 16.4. The fourth-order valence-corrected chi connectivity index (χ4v) is 6.05. The van der Waals surface area contributed by atoms with Crippen molar-refractivity contribution in [3.05, 3.63) is 61.3 Å². The minimum Gasteiger partial charge on any atom is -0.103 e. The minimum atomic E-state index is 0.764. The van der Waals surface area contributed by atoms with Gasteiger partial charge in [0.2, 0.25) is 0 Å². The van der Waals surface area contributed by atoms with Crippen LogP contribution in [0.15, 0.2) is 61.3 Å². The summed E-state index contributed by atoms with van der Waals surface area (Å²) < 4.78 is 0. The van der Waals surface area contributed by atoms with Gasteiger partial charge in [0, 0.05) is 0 Å². The summed E-state index contributed by atoms with van der Waals surface area (Å²) in [5, 5.41) is 0. The molecule has 0 amide bonds. The van der Waals surface area contributed by atoms with Crippen LogP contribution in [0.2, 0.25) is 0 Å². The van der Waals surface area contributed by atoms with Crippen molar-refractivity contribution >= 4 is 0 Å². The summed E-state index contributed by atoms with van der Waals surface area (Å²) in [6.07, 6.45) is 31.0. The fourth-order valence-electron chi connectivity index (χ4n) is 6.05. The van der Waals surface area contributed by atoms with E-state index >= 15 is 0 Å². The van der Waals surface area contributed by atoms with Gasteiger partial charge in [-0.3, -0.25) is 0 Å². The topological polar surface area (TPSA) is 0 Å². The molecule has 128 valence electrons. The van der Waals surface area contributed by atoms with Gasteiger partial charge in [-0.15, -0.1) is 6.58 Å². The van der Waals surface area contributed by atoms with Gasteiger partial charge in [0.05, 0.1) is 0 Å². The maximum Gasteiger partial charge on any atom is -0.0133 e. The highest BCUT2D eigenvalue weighted by Crippen LogP contribution is 2.48. The molecule has 0 heterocycles. The van der Waals surface area contributed by atoms with E-state index < -0.39 is 0 Å². The molecule has 0 aromatic heterocycles. The van der Waals surface area contributed by atoms with E-state index in [1.165, 1.54) is 44.9 Å². The Morgan fingerprint density at radius 2 is 1.21 bits per heavy atom. The summed E-state index contributed by atoms with van der Waals surface area (Å²) in [6.45, 7) is 3.98. The van der Waals surface area contributed by atoms with Crippen molar-refractivity contribution in [1.82, 2.24) is 0 Å². The minimum absolute atomic E-state index is 0.764. The van der Waals surface area contributed by atoms with Crippen molar-refractivity contribution in [2.24, 2.45) is 41.4 Å². The van der Waals surface area contributed by atoms with E-state index in [2.05, 4.69) is 61.3 Å². The van der Waals surface area contributed by atoms with E-state index in [0.717, 1.165) is 41.4 Å². The van der Waals surface area contributed by atoms with Crippen LogP contribution in [0.1, 0.15) is 44.9 Å². The van der Waals surface area contributed by atoms with Gasteiger partial charge in [0.1, 0.15) is 0 Å². The van der Waals surface area contributed by atoms with Crippen molar-refractivity contribution in [3.63, 3.8) is 0 Å². The molecule has 7 unspecified atom stereocenters. The third-order valence-corrected chi connectivity index (χ3v) is 7.31. The van der Waals surface area contributed by atoms with Gasteiger partial charge in [-0.05, 0) is 86.4 Å². The average Bonchev–Trinajstić information content (AvgIpc) is 3.04. The summed E-state index contributed by atoms with van der Waals surface area (Å²) >= 11 is 0. The smallest absolute Gasteiger partial charge is 0.0133 e. The number of rotatable bonds is 5. The lowest BCUT2D eigenvalue weighted by molar-refractivity contribution is 0.140. The number of hydrogen-bond donors (Lipinski definition) is 0. The fraction of sp³-hybridized carbons (Fsp3) is 0.583. The van der Waals surface area contributed by atoms with E-state index in [1.807, 2.05) is 0 Å². The van der Waals surface area contributed by atoms with E-state index in [9.17, 15) is 0 Å². The predicted octanol–water partition coefficient (Wildman–Crippen LogP) is 6.50. The van der Waals surface area contributed by atoms with Crippen LogP contribution in [0.25, 0.3) is 0 Å². The molecular formula is C24H32. The summed E-state index contributed by atoms with van der Waals surface area (Å²) in [6, 6.07) is 0. The van der Waals surface area contributed by atoms with Gasteiger partial charge in [0.25, 0.3) is 0 Å². The second-order valence-electron chi connectivity index (χ2n) is 8.47. The summed E-state index contributed by atoms with van der Waals surface area (Å²) in [4.78, 5) is 0. The van der Waals surface area contributed by atoms with Gasteiger partial charge in [-0.25, -0.2) is 0 Å². The van der Waals surface area contributed by atoms with Gasteiger partial charge < -0.3 is 0 Å². The molecule has 24 heavy (non-hydrogen) atoms. The maximum absolute atomic E-state index is 3.98. The highest BCUT2D eigenvalue weighted by Gasteiger charge is 2.38. The summed E-state index contributed by atoms with van der Waals surface area (Å²) in [7, 11) is 0. The molecule has 0 bridgehead atoms. The molecular weight excluding hydrogens is 288 g/mol.